The first-order chi connectivity index (χ1) is 14.0. The van der Waals surface area contributed by atoms with Crippen molar-refractivity contribution in [2.24, 2.45) is 0 Å². The van der Waals surface area contributed by atoms with E-state index in [2.05, 4.69) is 5.32 Å². The summed E-state index contributed by atoms with van der Waals surface area (Å²) in [6.45, 7) is 7.89. The Morgan fingerprint density at radius 2 is 1.76 bits per heavy atom. The number of carbonyl (C=O) groups is 2. The summed E-state index contributed by atoms with van der Waals surface area (Å²) in [5.41, 5.74) is 0.191. The third-order valence-electron chi connectivity index (χ3n) is 4.12. The van der Waals surface area contributed by atoms with Gasteiger partial charge in [-0.25, -0.2) is 9.18 Å². The first kappa shape index (κ1) is 25.0. The molecule has 1 amide bonds. The second-order valence-corrected chi connectivity index (χ2v) is 6.36. The van der Waals surface area contributed by atoms with E-state index in [1.807, 2.05) is 20.8 Å². The van der Waals surface area contributed by atoms with Crippen molar-refractivity contribution in [3.05, 3.63) is 35.6 Å². The maximum absolute atomic E-state index is 13.2. The van der Waals surface area contributed by atoms with Crippen LogP contribution in [0.15, 0.2) is 24.3 Å². The molecular weight excluding hydrogens is 381 g/mol. The minimum Gasteiger partial charge on any atom is -0.444 e. The Labute approximate surface area is 171 Å². The third kappa shape index (κ3) is 10.9. The van der Waals surface area contributed by atoms with Crippen LogP contribution >= 0.6 is 0 Å². The highest BCUT2D eigenvalue weighted by Crippen LogP contribution is 2.06. The molecule has 1 aromatic carbocycles. The van der Waals surface area contributed by atoms with Crippen LogP contribution in [-0.4, -0.2) is 63.7 Å². The molecule has 0 aliphatic carbocycles. The van der Waals surface area contributed by atoms with Gasteiger partial charge < -0.3 is 24.3 Å². The predicted octanol–water partition coefficient (Wildman–Crippen LogP) is 3.36. The lowest BCUT2D eigenvalue weighted by molar-refractivity contribution is -0.0597. The van der Waals surface area contributed by atoms with E-state index in [0.29, 0.717) is 32.8 Å². The van der Waals surface area contributed by atoms with E-state index < -0.39 is 23.8 Å². The Kier molecular flexibility index (Phi) is 12.8. The lowest BCUT2D eigenvalue weighted by Crippen LogP contribution is -2.35. The van der Waals surface area contributed by atoms with E-state index in [0.717, 1.165) is 12.5 Å². The second kappa shape index (κ2) is 14.9. The van der Waals surface area contributed by atoms with Crippen molar-refractivity contribution < 1.29 is 32.9 Å². The molecule has 0 heterocycles. The number of amides is 1. The van der Waals surface area contributed by atoms with Gasteiger partial charge in [0.2, 0.25) is 0 Å². The molecule has 0 aliphatic heterocycles. The van der Waals surface area contributed by atoms with Gasteiger partial charge in [0, 0.05) is 12.2 Å². The van der Waals surface area contributed by atoms with Crippen molar-refractivity contribution in [1.29, 1.82) is 0 Å². The van der Waals surface area contributed by atoms with Gasteiger partial charge >= 0.3 is 6.09 Å². The number of halogens is 1. The molecular formula is C21H32FNO6. The van der Waals surface area contributed by atoms with Crippen LogP contribution in [-0.2, 0) is 18.9 Å². The molecule has 0 radical (unpaired) electrons. The van der Waals surface area contributed by atoms with Gasteiger partial charge in [0.1, 0.15) is 11.9 Å². The maximum atomic E-state index is 13.2. The molecule has 1 aromatic rings. The number of Topliss-reactive ketones (excluding diaryl/α,β-unsaturated/α-hetero) is 1. The Morgan fingerprint density at radius 3 is 2.41 bits per heavy atom. The molecule has 2 unspecified atom stereocenters. The van der Waals surface area contributed by atoms with Crippen LogP contribution in [0.1, 0.15) is 44.0 Å². The van der Waals surface area contributed by atoms with E-state index in [-0.39, 0.29) is 24.8 Å². The van der Waals surface area contributed by atoms with Crippen LogP contribution in [0.25, 0.3) is 0 Å². The van der Waals surface area contributed by atoms with Crippen LogP contribution in [0, 0.1) is 5.82 Å². The SMILES string of the molecule is CCOCCOCC(CC)OCC(CC)OC(=O)NCC(=O)c1cccc(F)c1. The molecule has 0 bridgehead atoms. The summed E-state index contributed by atoms with van der Waals surface area (Å²) < 4.78 is 35.0. The van der Waals surface area contributed by atoms with Gasteiger partial charge in [-0.2, -0.15) is 0 Å². The highest BCUT2D eigenvalue weighted by molar-refractivity contribution is 5.98. The van der Waals surface area contributed by atoms with E-state index in [4.69, 9.17) is 18.9 Å². The Hall–Kier alpha value is -2.03. The fraction of sp³-hybridized carbons (Fsp3) is 0.619. The summed E-state index contributed by atoms with van der Waals surface area (Å²) in [5.74, 6) is -0.907. The van der Waals surface area contributed by atoms with Crippen LogP contribution in [0.5, 0.6) is 0 Å². The number of ketones is 1. The number of benzene rings is 1. The topological polar surface area (TPSA) is 83.1 Å². The standard InChI is InChI=1S/C21H32FNO6/c1-4-18(14-27-11-10-26-6-3)28-15-19(5-2)29-21(25)23-13-20(24)16-8-7-9-17(22)12-16/h7-9,12,18-19H,4-6,10-11,13-15H2,1-3H3,(H,23,25). The maximum Gasteiger partial charge on any atom is 0.407 e. The lowest BCUT2D eigenvalue weighted by Gasteiger charge is -2.21. The second-order valence-electron chi connectivity index (χ2n) is 6.36. The average molecular weight is 413 g/mol. The smallest absolute Gasteiger partial charge is 0.407 e. The largest absolute Gasteiger partial charge is 0.444 e. The van der Waals surface area contributed by atoms with Gasteiger partial charge in [0.15, 0.2) is 5.78 Å². The number of rotatable bonds is 15. The number of hydrogen-bond donors (Lipinski definition) is 1. The van der Waals surface area contributed by atoms with Gasteiger partial charge in [0.05, 0.1) is 39.1 Å². The summed E-state index contributed by atoms with van der Waals surface area (Å²) in [7, 11) is 0. The average Bonchev–Trinajstić information content (AvgIpc) is 2.72. The van der Waals surface area contributed by atoms with E-state index in [1.54, 1.807) is 0 Å². The van der Waals surface area contributed by atoms with Crippen LogP contribution in [0.3, 0.4) is 0 Å². The highest BCUT2D eigenvalue weighted by atomic mass is 19.1. The quantitative estimate of drug-likeness (QED) is 0.351. The molecule has 29 heavy (non-hydrogen) atoms. The zero-order valence-electron chi connectivity index (χ0n) is 17.4. The van der Waals surface area contributed by atoms with Gasteiger partial charge in [0.25, 0.3) is 0 Å². The molecule has 8 heteroatoms. The first-order valence-corrected chi connectivity index (χ1v) is 10.00. The number of carbonyl (C=O) groups excluding carboxylic acids is 2. The zero-order valence-corrected chi connectivity index (χ0v) is 17.4. The predicted molar refractivity (Wildman–Crippen MR) is 107 cm³/mol. The van der Waals surface area contributed by atoms with Gasteiger partial charge in [-0.1, -0.05) is 26.0 Å². The fourth-order valence-electron chi connectivity index (χ4n) is 2.35. The summed E-state index contributed by atoms with van der Waals surface area (Å²) in [6.07, 6.45) is 0.0570. The Bertz CT molecular complexity index is 613. The molecule has 0 fully saturated rings. The summed E-state index contributed by atoms with van der Waals surface area (Å²) in [6, 6.07) is 5.30. The molecule has 2 atom stereocenters. The van der Waals surface area contributed by atoms with E-state index >= 15 is 0 Å². The molecule has 0 saturated heterocycles. The number of nitrogens with one attached hydrogen (secondary N) is 1. The van der Waals surface area contributed by atoms with Crippen molar-refractivity contribution in [3.63, 3.8) is 0 Å². The first-order valence-electron chi connectivity index (χ1n) is 10.00. The summed E-state index contributed by atoms with van der Waals surface area (Å²) >= 11 is 0. The van der Waals surface area contributed by atoms with Crippen molar-refractivity contribution in [1.82, 2.24) is 5.32 Å². The van der Waals surface area contributed by atoms with Gasteiger partial charge in [-0.15, -0.1) is 0 Å². The zero-order chi connectivity index (χ0) is 21.5. The fourth-order valence-corrected chi connectivity index (χ4v) is 2.35. The third-order valence-corrected chi connectivity index (χ3v) is 4.12. The molecule has 0 saturated carbocycles. The molecule has 164 valence electrons. The number of ether oxygens (including phenoxy) is 4. The van der Waals surface area contributed by atoms with Crippen molar-refractivity contribution in [3.8, 4) is 0 Å². The van der Waals surface area contributed by atoms with Crippen molar-refractivity contribution >= 4 is 11.9 Å². The van der Waals surface area contributed by atoms with Crippen molar-refractivity contribution in [2.75, 3.05) is 39.6 Å². The van der Waals surface area contributed by atoms with E-state index in [1.165, 1.54) is 18.2 Å². The van der Waals surface area contributed by atoms with Gasteiger partial charge in [-0.05, 0) is 31.9 Å². The molecule has 7 nitrogen and oxygen atoms in total. The molecule has 0 aliphatic rings. The number of hydrogen-bond acceptors (Lipinski definition) is 6. The monoisotopic (exact) mass is 413 g/mol. The van der Waals surface area contributed by atoms with E-state index in [9.17, 15) is 14.0 Å². The molecule has 0 aromatic heterocycles. The number of alkyl carbamates (subject to hydrolysis) is 1. The lowest BCUT2D eigenvalue weighted by atomic mass is 10.1. The van der Waals surface area contributed by atoms with Crippen LogP contribution in [0.2, 0.25) is 0 Å². The minimum atomic E-state index is -0.716. The highest BCUT2D eigenvalue weighted by Gasteiger charge is 2.17. The Morgan fingerprint density at radius 1 is 1.03 bits per heavy atom. The van der Waals surface area contributed by atoms with Crippen LogP contribution in [0.4, 0.5) is 9.18 Å². The molecule has 1 rings (SSSR count). The Balaban J connectivity index is 2.31. The minimum absolute atomic E-state index is 0.105. The normalized spacial score (nSPS) is 13.0. The van der Waals surface area contributed by atoms with Crippen molar-refractivity contribution in [2.45, 2.75) is 45.8 Å². The van der Waals surface area contributed by atoms with Gasteiger partial charge in [-0.3, -0.25) is 4.79 Å². The van der Waals surface area contributed by atoms with Crippen LogP contribution < -0.4 is 5.32 Å². The summed E-state index contributed by atoms with van der Waals surface area (Å²) in [4.78, 5) is 23.9. The summed E-state index contributed by atoms with van der Waals surface area (Å²) in [5, 5.41) is 2.39. The molecule has 1 N–H and O–H groups in total. The molecule has 0 spiro atoms.